The van der Waals surface area contributed by atoms with Crippen molar-refractivity contribution in [2.75, 3.05) is 5.32 Å². The van der Waals surface area contributed by atoms with Gasteiger partial charge < -0.3 is 25.1 Å². The minimum absolute atomic E-state index is 0.161. The number of fused-ring (bicyclic) bond motifs is 1. The topological polar surface area (TPSA) is 127 Å². The lowest BCUT2D eigenvalue weighted by Crippen LogP contribution is -2.57. The highest BCUT2D eigenvalue weighted by Gasteiger charge is 2.43. The van der Waals surface area contributed by atoms with Gasteiger partial charge in [-0.05, 0) is 57.5 Å². The molecular formula is C24H24F3N3O6. The molecule has 0 unspecified atom stereocenters. The number of hydrogen-bond donors (Lipinski definition) is 3. The molecule has 1 aromatic carbocycles. The third-order valence-corrected chi connectivity index (χ3v) is 4.99. The van der Waals surface area contributed by atoms with Crippen molar-refractivity contribution in [2.45, 2.75) is 51.4 Å². The van der Waals surface area contributed by atoms with E-state index in [-0.39, 0.29) is 23.4 Å². The molecule has 1 aliphatic rings. The fourth-order valence-electron chi connectivity index (χ4n) is 3.46. The van der Waals surface area contributed by atoms with Gasteiger partial charge in [-0.3, -0.25) is 9.59 Å². The van der Waals surface area contributed by atoms with E-state index in [1.165, 1.54) is 30.4 Å². The van der Waals surface area contributed by atoms with Gasteiger partial charge in [0.2, 0.25) is 0 Å². The smallest absolute Gasteiger partial charge is 0.444 e. The first-order valence-corrected chi connectivity index (χ1v) is 10.7. The summed E-state index contributed by atoms with van der Waals surface area (Å²) in [6.45, 7) is 6.49. The molecule has 0 fully saturated rings. The van der Waals surface area contributed by atoms with Crippen molar-refractivity contribution in [3.05, 3.63) is 64.2 Å². The van der Waals surface area contributed by atoms with Crippen molar-refractivity contribution in [2.24, 2.45) is 0 Å². The maximum atomic E-state index is 13.4. The molecule has 2 aromatic rings. The van der Waals surface area contributed by atoms with Crippen LogP contribution in [0, 0.1) is 6.92 Å². The third-order valence-electron chi connectivity index (χ3n) is 4.99. The number of anilines is 1. The summed E-state index contributed by atoms with van der Waals surface area (Å²) >= 11 is 0. The molecule has 1 aromatic heterocycles. The molecule has 12 heteroatoms. The third kappa shape index (κ3) is 6.32. The van der Waals surface area contributed by atoms with Crippen LogP contribution in [-0.2, 0) is 14.3 Å². The van der Waals surface area contributed by atoms with Gasteiger partial charge in [0.1, 0.15) is 16.7 Å². The zero-order valence-corrected chi connectivity index (χ0v) is 19.8. The van der Waals surface area contributed by atoms with Crippen molar-refractivity contribution in [3.63, 3.8) is 0 Å². The molecule has 0 saturated heterocycles. The molecule has 0 saturated carbocycles. The maximum absolute atomic E-state index is 13.4. The lowest BCUT2D eigenvalue weighted by atomic mass is 9.88. The van der Waals surface area contributed by atoms with Crippen LogP contribution in [-0.4, -0.2) is 35.2 Å². The van der Waals surface area contributed by atoms with E-state index in [9.17, 15) is 32.3 Å². The van der Waals surface area contributed by atoms with Crippen LogP contribution in [0.4, 0.5) is 23.7 Å². The van der Waals surface area contributed by atoms with Crippen molar-refractivity contribution >= 4 is 34.6 Å². The van der Waals surface area contributed by atoms with Crippen molar-refractivity contribution in [3.8, 4) is 0 Å². The molecular weight excluding hydrogens is 483 g/mol. The van der Waals surface area contributed by atoms with Crippen molar-refractivity contribution in [1.82, 2.24) is 10.6 Å². The van der Waals surface area contributed by atoms with Gasteiger partial charge in [0, 0.05) is 35.3 Å². The Morgan fingerprint density at radius 3 is 2.42 bits per heavy atom. The first-order chi connectivity index (χ1) is 16.6. The molecule has 1 atom stereocenters. The molecule has 1 heterocycles. The number of carbonyl (C=O) groups is 3. The standard InChI is InChI=1S/C24H24F3N3O6/c1-13-10-18(31)35-17-11-14(7-8-16(13)17)28-19(32)23(30-21(34)36-22(2,3)4)9-5-6-15(12-23)29-20(33)24(25,26)27/h5-8,10-12H,9H2,1-4H3,(H,28,32)(H,29,33)(H,30,34)/t23-/m0/s1. The van der Waals surface area contributed by atoms with E-state index in [1.54, 1.807) is 39.1 Å². The quantitative estimate of drug-likeness (QED) is 0.540. The second-order valence-corrected chi connectivity index (χ2v) is 9.17. The van der Waals surface area contributed by atoms with Gasteiger partial charge in [-0.1, -0.05) is 6.08 Å². The fourth-order valence-corrected chi connectivity index (χ4v) is 3.46. The molecule has 0 aliphatic heterocycles. The molecule has 36 heavy (non-hydrogen) atoms. The predicted octanol–water partition coefficient (Wildman–Crippen LogP) is 3.83. The highest BCUT2D eigenvalue weighted by molar-refractivity contribution is 6.03. The van der Waals surface area contributed by atoms with E-state index in [1.807, 2.05) is 0 Å². The van der Waals surface area contributed by atoms with Crippen molar-refractivity contribution in [1.29, 1.82) is 0 Å². The fraction of sp³-hybridized carbons (Fsp3) is 0.333. The minimum atomic E-state index is -5.16. The monoisotopic (exact) mass is 507 g/mol. The number of carbonyl (C=O) groups excluding carboxylic acids is 3. The van der Waals surface area contributed by atoms with Gasteiger partial charge in [-0.25, -0.2) is 9.59 Å². The van der Waals surface area contributed by atoms with E-state index in [0.29, 0.717) is 10.9 Å². The number of amides is 3. The maximum Gasteiger partial charge on any atom is 0.471 e. The normalized spacial score (nSPS) is 17.8. The number of alkyl halides is 3. The van der Waals surface area contributed by atoms with E-state index >= 15 is 0 Å². The molecule has 192 valence electrons. The van der Waals surface area contributed by atoms with Gasteiger partial charge in [0.05, 0.1) is 0 Å². The van der Waals surface area contributed by atoms with Crippen LogP contribution >= 0.6 is 0 Å². The van der Waals surface area contributed by atoms with Gasteiger partial charge in [-0.15, -0.1) is 0 Å². The molecule has 0 bridgehead atoms. The Morgan fingerprint density at radius 1 is 1.08 bits per heavy atom. The lowest BCUT2D eigenvalue weighted by molar-refractivity contribution is -0.172. The number of alkyl carbamates (subject to hydrolysis) is 1. The van der Waals surface area contributed by atoms with Gasteiger partial charge in [0.15, 0.2) is 0 Å². The molecule has 9 nitrogen and oxygen atoms in total. The van der Waals surface area contributed by atoms with Crippen LogP contribution in [0.15, 0.2) is 57.4 Å². The first-order valence-electron chi connectivity index (χ1n) is 10.7. The summed E-state index contributed by atoms with van der Waals surface area (Å²) in [5.41, 5.74) is -2.75. The number of nitrogens with one attached hydrogen (secondary N) is 3. The molecule has 1 aliphatic carbocycles. The molecule has 0 spiro atoms. The Labute approximate surface area is 203 Å². The Bertz CT molecular complexity index is 1340. The van der Waals surface area contributed by atoms with E-state index in [2.05, 4.69) is 10.6 Å². The number of halogens is 3. The highest BCUT2D eigenvalue weighted by Crippen LogP contribution is 2.27. The second kappa shape index (κ2) is 9.51. The Morgan fingerprint density at radius 2 is 1.78 bits per heavy atom. The van der Waals surface area contributed by atoms with Crippen LogP contribution < -0.4 is 21.6 Å². The van der Waals surface area contributed by atoms with Crippen LogP contribution in [0.3, 0.4) is 0 Å². The number of allylic oxidation sites excluding steroid dienone is 1. The minimum Gasteiger partial charge on any atom is -0.444 e. The summed E-state index contributed by atoms with van der Waals surface area (Å²) in [5.74, 6) is -3.09. The molecule has 0 radical (unpaired) electrons. The lowest BCUT2D eigenvalue weighted by Gasteiger charge is -2.33. The van der Waals surface area contributed by atoms with E-state index in [0.717, 1.165) is 6.08 Å². The highest BCUT2D eigenvalue weighted by atomic mass is 19.4. The summed E-state index contributed by atoms with van der Waals surface area (Å²) in [6, 6.07) is 5.86. The predicted molar refractivity (Wildman–Crippen MR) is 124 cm³/mol. The van der Waals surface area contributed by atoms with Crippen molar-refractivity contribution < 1.29 is 36.7 Å². The summed E-state index contributed by atoms with van der Waals surface area (Å²) in [7, 11) is 0. The number of ether oxygens (including phenoxy) is 1. The van der Waals surface area contributed by atoms with Crippen LogP contribution in [0.5, 0.6) is 0 Å². The number of benzene rings is 1. The Kier molecular flexibility index (Phi) is 7.01. The van der Waals surface area contributed by atoms with Gasteiger partial charge in [-0.2, -0.15) is 13.2 Å². The van der Waals surface area contributed by atoms with Gasteiger partial charge in [0.25, 0.3) is 5.91 Å². The molecule has 3 N–H and O–H groups in total. The molecule has 3 amide bonds. The second-order valence-electron chi connectivity index (χ2n) is 9.17. The van der Waals surface area contributed by atoms with Gasteiger partial charge >= 0.3 is 23.8 Å². The van der Waals surface area contributed by atoms with E-state index in [4.69, 9.17) is 9.15 Å². The summed E-state index contributed by atoms with van der Waals surface area (Å²) in [5, 5.41) is 7.28. The average Bonchev–Trinajstić information content (AvgIpc) is 2.71. The largest absolute Gasteiger partial charge is 0.471 e. The molecule has 3 rings (SSSR count). The number of rotatable bonds is 4. The zero-order chi connectivity index (χ0) is 26.9. The van der Waals surface area contributed by atoms with Crippen LogP contribution in [0.25, 0.3) is 11.0 Å². The summed E-state index contributed by atoms with van der Waals surface area (Å²) < 4.78 is 48.7. The number of hydrogen-bond acceptors (Lipinski definition) is 6. The van der Waals surface area contributed by atoms with E-state index < -0.39 is 40.8 Å². The van der Waals surface area contributed by atoms with Crippen LogP contribution in [0.1, 0.15) is 32.8 Å². The SMILES string of the molecule is Cc1cc(=O)oc2cc(NC(=O)[C@@]3(NC(=O)OC(C)(C)C)C=C(NC(=O)C(F)(F)F)C=CC3)ccc12. The average molecular weight is 507 g/mol. The summed E-state index contributed by atoms with van der Waals surface area (Å²) in [6.07, 6.45) is -2.83. The zero-order valence-electron chi connectivity index (χ0n) is 19.8. The first kappa shape index (κ1) is 26.5. The summed E-state index contributed by atoms with van der Waals surface area (Å²) in [4.78, 5) is 49.1. The van der Waals surface area contributed by atoms with Crippen LogP contribution in [0.2, 0.25) is 0 Å². The Hall–Kier alpha value is -4.09. The number of aryl methyl sites for hydroxylation is 1. The Balaban J connectivity index is 1.97.